The van der Waals surface area contributed by atoms with Gasteiger partial charge in [-0.3, -0.25) is 4.79 Å². The molecular formula is C13H16BrNO2. The average molecular weight is 298 g/mol. The molecule has 0 spiro atoms. The molecule has 0 aliphatic carbocycles. The lowest BCUT2D eigenvalue weighted by atomic mass is 9.92. The van der Waals surface area contributed by atoms with E-state index >= 15 is 0 Å². The fourth-order valence-electron chi connectivity index (χ4n) is 2.38. The lowest BCUT2D eigenvalue weighted by Crippen LogP contribution is -2.38. The molecule has 4 heteroatoms. The smallest absolute Gasteiger partial charge is 0.304 e. The van der Waals surface area contributed by atoms with Crippen LogP contribution in [0.2, 0.25) is 0 Å². The predicted octanol–water partition coefficient (Wildman–Crippen LogP) is 3.11. The van der Waals surface area contributed by atoms with Gasteiger partial charge in [0, 0.05) is 16.6 Å². The Hall–Kier alpha value is -0.870. The molecule has 2 N–H and O–H groups in total. The van der Waals surface area contributed by atoms with Crippen molar-refractivity contribution in [2.45, 2.75) is 37.8 Å². The van der Waals surface area contributed by atoms with Crippen molar-refractivity contribution in [2.24, 2.45) is 0 Å². The van der Waals surface area contributed by atoms with Crippen molar-refractivity contribution < 1.29 is 9.90 Å². The van der Waals surface area contributed by atoms with Gasteiger partial charge in [-0.05, 0) is 37.0 Å². The van der Waals surface area contributed by atoms with E-state index in [1.807, 2.05) is 12.1 Å². The summed E-state index contributed by atoms with van der Waals surface area (Å²) in [6.07, 6.45) is 3.33. The van der Waals surface area contributed by atoms with E-state index in [4.69, 9.17) is 5.11 Å². The van der Waals surface area contributed by atoms with Crippen LogP contribution in [0.15, 0.2) is 28.7 Å². The van der Waals surface area contributed by atoms with E-state index < -0.39 is 5.97 Å². The van der Waals surface area contributed by atoms with Gasteiger partial charge in [0.05, 0.1) is 6.42 Å². The quantitative estimate of drug-likeness (QED) is 0.901. The molecule has 0 aromatic heterocycles. The molecule has 0 radical (unpaired) electrons. The summed E-state index contributed by atoms with van der Waals surface area (Å²) in [7, 11) is 0. The number of piperidine rings is 1. The Bertz CT molecular complexity index is 408. The summed E-state index contributed by atoms with van der Waals surface area (Å²) < 4.78 is 1.07. The van der Waals surface area contributed by atoms with Gasteiger partial charge in [-0.1, -0.05) is 28.1 Å². The van der Waals surface area contributed by atoms with E-state index in [1.165, 1.54) is 5.56 Å². The number of aliphatic carboxylic acids is 1. The largest absolute Gasteiger partial charge is 0.481 e. The van der Waals surface area contributed by atoms with Crippen molar-refractivity contribution in [1.82, 2.24) is 5.32 Å². The second-order valence-electron chi connectivity index (χ2n) is 4.50. The van der Waals surface area contributed by atoms with Gasteiger partial charge in [0.1, 0.15) is 0 Å². The topological polar surface area (TPSA) is 49.3 Å². The molecular weight excluding hydrogens is 282 g/mol. The van der Waals surface area contributed by atoms with Crippen LogP contribution in [0.3, 0.4) is 0 Å². The van der Waals surface area contributed by atoms with Crippen molar-refractivity contribution in [3.63, 3.8) is 0 Å². The Morgan fingerprint density at radius 3 is 3.00 bits per heavy atom. The molecule has 0 saturated carbocycles. The normalized spacial score (nSPS) is 24.5. The number of hydrogen-bond acceptors (Lipinski definition) is 2. The van der Waals surface area contributed by atoms with Crippen molar-refractivity contribution >= 4 is 21.9 Å². The summed E-state index contributed by atoms with van der Waals surface area (Å²) >= 11 is 3.46. The Balaban J connectivity index is 2.04. The van der Waals surface area contributed by atoms with Crippen molar-refractivity contribution in [1.29, 1.82) is 0 Å². The number of halogens is 1. The molecule has 1 aromatic rings. The summed E-state index contributed by atoms with van der Waals surface area (Å²) in [4.78, 5) is 10.7. The Kier molecular flexibility index (Phi) is 4.18. The van der Waals surface area contributed by atoms with E-state index in [9.17, 15) is 4.79 Å². The first-order chi connectivity index (χ1) is 8.15. The lowest BCUT2D eigenvalue weighted by Gasteiger charge is -2.30. The van der Waals surface area contributed by atoms with Gasteiger partial charge in [0.15, 0.2) is 0 Å². The van der Waals surface area contributed by atoms with E-state index in [0.717, 1.165) is 23.7 Å². The van der Waals surface area contributed by atoms with Gasteiger partial charge >= 0.3 is 5.97 Å². The van der Waals surface area contributed by atoms with Gasteiger partial charge in [-0.15, -0.1) is 0 Å². The first kappa shape index (κ1) is 12.6. The van der Waals surface area contributed by atoms with Crippen LogP contribution in [0, 0.1) is 0 Å². The monoisotopic (exact) mass is 297 g/mol. The van der Waals surface area contributed by atoms with Gasteiger partial charge in [0.25, 0.3) is 0 Å². The number of carbonyl (C=O) groups is 1. The van der Waals surface area contributed by atoms with E-state index in [-0.39, 0.29) is 18.5 Å². The van der Waals surface area contributed by atoms with Crippen molar-refractivity contribution in [3.8, 4) is 0 Å². The third-order valence-electron chi connectivity index (χ3n) is 3.15. The highest BCUT2D eigenvalue weighted by molar-refractivity contribution is 9.10. The number of nitrogens with one attached hydrogen (secondary N) is 1. The highest BCUT2D eigenvalue weighted by Gasteiger charge is 2.23. The van der Waals surface area contributed by atoms with Gasteiger partial charge in [-0.2, -0.15) is 0 Å². The zero-order valence-corrected chi connectivity index (χ0v) is 11.1. The molecule has 2 unspecified atom stereocenters. The van der Waals surface area contributed by atoms with Crippen LogP contribution in [0.25, 0.3) is 0 Å². The van der Waals surface area contributed by atoms with Gasteiger partial charge in [0.2, 0.25) is 0 Å². The highest BCUT2D eigenvalue weighted by Crippen LogP contribution is 2.28. The molecule has 2 rings (SSSR count). The number of hydrogen-bond donors (Lipinski definition) is 2. The number of rotatable bonds is 3. The van der Waals surface area contributed by atoms with Crippen LogP contribution >= 0.6 is 15.9 Å². The molecule has 17 heavy (non-hydrogen) atoms. The summed E-state index contributed by atoms with van der Waals surface area (Å²) in [5, 5.41) is 12.2. The molecule has 3 nitrogen and oxygen atoms in total. The summed E-state index contributed by atoms with van der Waals surface area (Å²) in [5.74, 6) is -0.725. The van der Waals surface area contributed by atoms with Crippen LogP contribution < -0.4 is 5.32 Å². The Morgan fingerprint density at radius 2 is 2.29 bits per heavy atom. The first-order valence-corrected chi connectivity index (χ1v) is 6.68. The summed E-state index contributed by atoms with van der Waals surface area (Å²) in [6.45, 7) is 0. The molecule has 1 heterocycles. The fraction of sp³-hybridized carbons (Fsp3) is 0.462. The second-order valence-corrected chi connectivity index (χ2v) is 5.42. The zero-order chi connectivity index (χ0) is 12.3. The van der Waals surface area contributed by atoms with Gasteiger partial charge < -0.3 is 10.4 Å². The molecule has 1 saturated heterocycles. The van der Waals surface area contributed by atoms with Crippen molar-refractivity contribution in [3.05, 3.63) is 34.3 Å². The fourth-order valence-corrected chi connectivity index (χ4v) is 2.79. The number of carboxylic acids is 1. The first-order valence-electron chi connectivity index (χ1n) is 5.88. The zero-order valence-electron chi connectivity index (χ0n) is 9.53. The van der Waals surface area contributed by atoms with Crippen molar-refractivity contribution in [2.75, 3.05) is 0 Å². The van der Waals surface area contributed by atoms with Gasteiger partial charge in [-0.25, -0.2) is 0 Å². The van der Waals surface area contributed by atoms with Crippen LogP contribution in [-0.4, -0.2) is 17.1 Å². The highest BCUT2D eigenvalue weighted by atomic mass is 79.9. The average Bonchev–Trinajstić information content (AvgIpc) is 2.28. The molecule has 0 bridgehead atoms. The minimum Gasteiger partial charge on any atom is -0.481 e. The minimum absolute atomic E-state index is 0.102. The molecule has 1 aliphatic heterocycles. The standard InChI is InChI=1S/C13H16BrNO2/c14-10-4-1-3-9(7-10)12-6-2-5-11(15-12)8-13(16)17/h1,3-4,7,11-12,15H,2,5-6,8H2,(H,16,17). The third kappa shape index (κ3) is 3.54. The van der Waals surface area contributed by atoms with Crippen LogP contribution in [-0.2, 0) is 4.79 Å². The van der Waals surface area contributed by atoms with E-state index in [0.29, 0.717) is 0 Å². The number of carboxylic acid groups (broad SMARTS) is 1. The Morgan fingerprint density at radius 1 is 1.47 bits per heavy atom. The maximum absolute atomic E-state index is 10.7. The third-order valence-corrected chi connectivity index (χ3v) is 3.65. The molecule has 2 atom stereocenters. The molecule has 0 amide bonds. The number of benzene rings is 1. The van der Waals surface area contributed by atoms with Crippen LogP contribution in [0.4, 0.5) is 0 Å². The maximum atomic E-state index is 10.7. The lowest BCUT2D eigenvalue weighted by molar-refractivity contribution is -0.137. The van der Waals surface area contributed by atoms with Crippen LogP contribution in [0.5, 0.6) is 0 Å². The predicted molar refractivity (Wildman–Crippen MR) is 69.9 cm³/mol. The summed E-state index contributed by atoms with van der Waals surface area (Å²) in [6, 6.07) is 8.59. The van der Waals surface area contributed by atoms with E-state index in [2.05, 4.69) is 33.4 Å². The SMILES string of the molecule is O=C(O)CC1CCCC(c2cccc(Br)c2)N1. The second kappa shape index (κ2) is 5.65. The molecule has 1 aliphatic rings. The minimum atomic E-state index is -0.725. The maximum Gasteiger partial charge on any atom is 0.304 e. The van der Waals surface area contributed by atoms with E-state index in [1.54, 1.807) is 0 Å². The molecule has 1 fully saturated rings. The Labute approximate surface area is 109 Å². The summed E-state index contributed by atoms with van der Waals surface area (Å²) in [5.41, 5.74) is 1.23. The molecule has 1 aromatic carbocycles. The molecule has 92 valence electrons. The van der Waals surface area contributed by atoms with Crippen LogP contribution in [0.1, 0.15) is 37.3 Å².